The SMILES string of the molecule is O=C(Nc1ccc(F)cc1Cl)c1csc(Br)c1. The van der Waals surface area contributed by atoms with E-state index in [-0.39, 0.29) is 10.9 Å². The quantitative estimate of drug-likeness (QED) is 0.857. The number of hydrogen-bond acceptors (Lipinski definition) is 2. The summed E-state index contributed by atoms with van der Waals surface area (Å²) in [5.41, 5.74) is 0.919. The highest BCUT2D eigenvalue weighted by atomic mass is 79.9. The molecule has 0 atom stereocenters. The molecule has 0 saturated heterocycles. The first-order valence-corrected chi connectivity index (χ1v) is 6.62. The van der Waals surface area contributed by atoms with Crippen LogP contribution in [0.4, 0.5) is 10.1 Å². The van der Waals surface area contributed by atoms with Crippen molar-refractivity contribution in [3.8, 4) is 0 Å². The zero-order chi connectivity index (χ0) is 12.4. The van der Waals surface area contributed by atoms with Gasteiger partial charge in [-0.1, -0.05) is 11.6 Å². The zero-order valence-corrected chi connectivity index (χ0v) is 11.5. The minimum atomic E-state index is -0.439. The lowest BCUT2D eigenvalue weighted by atomic mass is 10.2. The van der Waals surface area contributed by atoms with Gasteiger partial charge >= 0.3 is 0 Å². The van der Waals surface area contributed by atoms with Crippen LogP contribution in [0.3, 0.4) is 0 Å². The van der Waals surface area contributed by atoms with Crippen molar-refractivity contribution >= 4 is 50.5 Å². The maximum atomic E-state index is 12.8. The number of halogens is 3. The van der Waals surface area contributed by atoms with E-state index in [1.165, 1.54) is 23.5 Å². The largest absolute Gasteiger partial charge is 0.321 e. The first-order chi connectivity index (χ1) is 8.06. The van der Waals surface area contributed by atoms with Gasteiger partial charge < -0.3 is 5.32 Å². The van der Waals surface area contributed by atoms with Gasteiger partial charge in [0, 0.05) is 5.38 Å². The van der Waals surface area contributed by atoms with Crippen LogP contribution in [-0.4, -0.2) is 5.91 Å². The second-order valence-corrected chi connectivity index (χ2v) is 5.92. The number of hydrogen-bond donors (Lipinski definition) is 1. The standard InChI is InChI=1S/C11H6BrClFNOS/c12-10-3-6(5-17-10)11(16)15-9-2-1-7(14)4-8(9)13/h1-5H,(H,15,16). The summed E-state index contributed by atoms with van der Waals surface area (Å²) < 4.78 is 13.7. The summed E-state index contributed by atoms with van der Waals surface area (Å²) in [6.45, 7) is 0. The molecule has 6 heteroatoms. The molecule has 0 spiro atoms. The molecule has 0 aliphatic carbocycles. The molecule has 0 saturated carbocycles. The molecule has 17 heavy (non-hydrogen) atoms. The highest BCUT2D eigenvalue weighted by Gasteiger charge is 2.10. The number of thiophene rings is 1. The molecule has 88 valence electrons. The number of anilines is 1. The minimum Gasteiger partial charge on any atom is -0.321 e. The highest BCUT2D eigenvalue weighted by molar-refractivity contribution is 9.11. The monoisotopic (exact) mass is 333 g/mol. The number of amides is 1. The van der Waals surface area contributed by atoms with E-state index in [2.05, 4.69) is 21.2 Å². The normalized spacial score (nSPS) is 10.3. The Balaban J connectivity index is 2.18. The van der Waals surface area contributed by atoms with E-state index < -0.39 is 5.82 Å². The fourth-order valence-electron chi connectivity index (χ4n) is 1.21. The van der Waals surface area contributed by atoms with E-state index in [9.17, 15) is 9.18 Å². The molecule has 1 N–H and O–H groups in total. The van der Waals surface area contributed by atoms with Gasteiger partial charge in [-0.05, 0) is 40.2 Å². The van der Waals surface area contributed by atoms with E-state index in [0.29, 0.717) is 11.3 Å². The van der Waals surface area contributed by atoms with Crippen LogP contribution in [0.15, 0.2) is 33.4 Å². The lowest BCUT2D eigenvalue weighted by Crippen LogP contribution is -2.11. The second kappa shape index (κ2) is 5.16. The zero-order valence-electron chi connectivity index (χ0n) is 8.34. The molecule has 1 aromatic carbocycles. The van der Waals surface area contributed by atoms with Crippen molar-refractivity contribution in [2.24, 2.45) is 0 Å². The first-order valence-electron chi connectivity index (χ1n) is 4.56. The van der Waals surface area contributed by atoms with Crippen LogP contribution in [-0.2, 0) is 0 Å². The van der Waals surface area contributed by atoms with Gasteiger partial charge in [0.05, 0.1) is 20.1 Å². The molecule has 0 radical (unpaired) electrons. The fraction of sp³-hybridized carbons (Fsp3) is 0. The predicted molar refractivity (Wildman–Crippen MR) is 71.4 cm³/mol. The lowest BCUT2D eigenvalue weighted by Gasteiger charge is -2.05. The van der Waals surface area contributed by atoms with Crippen molar-refractivity contribution in [2.45, 2.75) is 0 Å². The summed E-state index contributed by atoms with van der Waals surface area (Å²) in [5.74, 6) is -0.716. The Labute approximate surface area is 115 Å². The van der Waals surface area contributed by atoms with Crippen molar-refractivity contribution in [3.63, 3.8) is 0 Å². The molecule has 1 amide bonds. The molecular weight excluding hydrogens is 329 g/mol. The van der Waals surface area contributed by atoms with Crippen LogP contribution in [0.25, 0.3) is 0 Å². The molecule has 1 aromatic heterocycles. The summed E-state index contributed by atoms with van der Waals surface area (Å²) in [6, 6.07) is 5.53. The molecule has 0 aliphatic heterocycles. The number of nitrogens with one attached hydrogen (secondary N) is 1. The average Bonchev–Trinajstić information content (AvgIpc) is 2.69. The number of carbonyl (C=O) groups is 1. The summed E-state index contributed by atoms with van der Waals surface area (Å²) >= 11 is 10.5. The van der Waals surface area contributed by atoms with Crippen LogP contribution in [0.5, 0.6) is 0 Å². The average molecular weight is 335 g/mol. The van der Waals surface area contributed by atoms with E-state index >= 15 is 0 Å². The third-order valence-corrected chi connectivity index (χ3v) is 3.83. The first kappa shape index (κ1) is 12.5. The lowest BCUT2D eigenvalue weighted by molar-refractivity contribution is 0.102. The molecular formula is C11H6BrClFNOS. The fourth-order valence-corrected chi connectivity index (χ4v) is 2.57. The Morgan fingerprint density at radius 2 is 2.18 bits per heavy atom. The van der Waals surface area contributed by atoms with Crippen LogP contribution in [0.2, 0.25) is 5.02 Å². The second-order valence-electron chi connectivity index (χ2n) is 3.22. The Hall–Kier alpha value is -0.910. The van der Waals surface area contributed by atoms with E-state index in [1.54, 1.807) is 11.4 Å². The van der Waals surface area contributed by atoms with E-state index in [0.717, 1.165) is 9.85 Å². The van der Waals surface area contributed by atoms with Gasteiger partial charge in [0.1, 0.15) is 5.82 Å². The smallest absolute Gasteiger partial charge is 0.256 e. The summed E-state index contributed by atoms with van der Waals surface area (Å²) in [4.78, 5) is 11.8. The Kier molecular flexibility index (Phi) is 3.81. The Morgan fingerprint density at radius 1 is 1.41 bits per heavy atom. The molecule has 0 aliphatic rings. The van der Waals surface area contributed by atoms with Crippen LogP contribution in [0, 0.1) is 5.82 Å². The molecule has 2 rings (SSSR count). The summed E-state index contributed by atoms with van der Waals surface area (Å²) in [6.07, 6.45) is 0. The third-order valence-electron chi connectivity index (χ3n) is 2.01. The van der Waals surface area contributed by atoms with Gasteiger partial charge in [-0.15, -0.1) is 11.3 Å². The van der Waals surface area contributed by atoms with Crippen molar-refractivity contribution in [3.05, 3.63) is 49.8 Å². The van der Waals surface area contributed by atoms with Gasteiger partial charge in [-0.25, -0.2) is 4.39 Å². The topological polar surface area (TPSA) is 29.1 Å². The number of carbonyl (C=O) groups excluding carboxylic acids is 1. The Morgan fingerprint density at radius 3 is 2.76 bits per heavy atom. The van der Waals surface area contributed by atoms with Gasteiger partial charge in [0.15, 0.2) is 0 Å². The molecule has 0 bridgehead atoms. The van der Waals surface area contributed by atoms with Gasteiger partial charge in [-0.2, -0.15) is 0 Å². The van der Waals surface area contributed by atoms with Gasteiger partial charge in [0.2, 0.25) is 0 Å². The van der Waals surface area contributed by atoms with E-state index in [1.807, 2.05) is 0 Å². The predicted octanol–water partition coefficient (Wildman–Crippen LogP) is 4.56. The minimum absolute atomic E-state index is 0.174. The van der Waals surface area contributed by atoms with E-state index in [4.69, 9.17) is 11.6 Å². The number of rotatable bonds is 2. The van der Waals surface area contributed by atoms with Gasteiger partial charge in [0.25, 0.3) is 5.91 Å². The summed E-state index contributed by atoms with van der Waals surface area (Å²) in [7, 11) is 0. The highest BCUT2D eigenvalue weighted by Crippen LogP contribution is 2.25. The molecule has 0 unspecified atom stereocenters. The van der Waals surface area contributed by atoms with Gasteiger partial charge in [-0.3, -0.25) is 4.79 Å². The van der Waals surface area contributed by atoms with Crippen LogP contribution >= 0.6 is 38.9 Å². The third kappa shape index (κ3) is 3.06. The van der Waals surface area contributed by atoms with Crippen molar-refractivity contribution < 1.29 is 9.18 Å². The maximum absolute atomic E-state index is 12.8. The molecule has 0 fully saturated rings. The molecule has 2 nitrogen and oxygen atoms in total. The van der Waals surface area contributed by atoms with Crippen LogP contribution < -0.4 is 5.32 Å². The maximum Gasteiger partial charge on any atom is 0.256 e. The molecule has 2 aromatic rings. The van der Waals surface area contributed by atoms with Crippen molar-refractivity contribution in [2.75, 3.05) is 5.32 Å². The van der Waals surface area contributed by atoms with Crippen molar-refractivity contribution in [1.29, 1.82) is 0 Å². The molecule has 1 heterocycles. The van der Waals surface area contributed by atoms with Crippen molar-refractivity contribution in [1.82, 2.24) is 0 Å². The summed E-state index contributed by atoms with van der Waals surface area (Å²) in [5, 5.41) is 4.51. The number of benzene rings is 1. The van der Waals surface area contributed by atoms with Crippen LogP contribution in [0.1, 0.15) is 10.4 Å². The Bertz CT molecular complexity index is 572.